The molecule has 1 aromatic rings. The van der Waals surface area contributed by atoms with E-state index in [4.69, 9.17) is 11.6 Å². The van der Waals surface area contributed by atoms with Gasteiger partial charge in [0.1, 0.15) is 0 Å². The number of nitrogens with one attached hydrogen (secondary N) is 1. The lowest BCUT2D eigenvalue weighted by molar-refractivity contribution is 1.33. The third-order valence-electron chi connectivity index (χ3n) is 1.62. The molecule has 1 rings (SSSR count). The molecule has 0 unspecified atom stereocenters. The summed E-state index contributed by atoms with van der Waals surface area (Å²) in [4.78, 5) is 0. The van der Waals surface area contributed by atoms with Crippen LogP contribution in [0.25, 0.3) is 0 Å². The summed E-state index contributed by atoms with van der Waals surface area (Å²) in [7, 11) is 0. The van der Waals surface area contributed by atoms with Gasteiger partial charge in [-0.1, -0.05) is 23.7 Å². The second kappa shape index (κ2) is 4.17. The van der Waals surface area contributed by atoms with Crippen LogP contribution in [0, 0.1) is 6.92 Å². The quantitative estimate of drug-likeness (QED) is 0.706. The number of hydrogen-bond donors (Lipinski definition) is 1. The molecule has 0 spiro atoms. The molecule has 0 fully saturated rings. The normalized spacial score (nSPS) is 9.50. The first-order chi connectivity index (χ1) is 5.74. The van der Waals surface area contributed by atoms with Gasteiger partial charge < -0.3 is 5.32 Å². The maximum Gasteiger partial charge on any atom is 0.0455 e. The molecule has 0 saturated carbocycles. The van der Waals surface area contributed by atoms with E-state index in [9.17, 15) is 0 Å². The van der Waals surface area contributed by atoms with Crippen LogP contribution in [0.1, 0.15) is 5.56 Å². The molecule has 0 amide bonds. The maximum absolute atomic E-state index is 5.93. The van der Waals surface area contributed by atoms with Gasteiger partial charge in [-0.2, -0.15) is 0 Å². The number of aryl methyl sites for hydroxylation is 1. The van der Waals surface area contributed by atoms with E-state index in [1.54, 1.807) is 0 Å². The molecule has 0 atom stereocenters. The summed E-state index contributed by atoms with van der Waals surface area (Å²) in [6, 6.07) is 5.92. The third-order valence-corrected chi connectivity index (χ3v) is 2.03. The highest BCUT2D eigenvalue weighted by atomic mass is 35.5. The lowest BCUT2D eigenvalue weighted by Crippen LogP contribution is -1.97. The van der Waals surface area contributed by atoms with Crippen molar-refractivity contribution in [2.45, 2.75) is 6.92 Å². The standard InChI is InChI=1S/C10H12ClN/c1-3-6-12-9-5-4-8(2)10(11)7-9/h3-5,7,12H,1,6H2,2H3. The van der Waals surface area contributed by atoms with Crippen molar-refractivity contribution in [1.82, 2.24) is 0 Å². The predicted molar refractivity (Wildman–Crippen MR) is 54.9 cm³/mol. The monoisotopic (exact) mass is 181 g/mol. The fourth-order valence-corrected chi connectivity index (χ4v) is 1.07. The highest BCUT2D eigenvalue weighted by Crippen LogP contribution is 2.19. The Bertz CT molecular complexity index is 281. The second-order valence-electron chi connectivity index (χ2n) is 2.63. The zero-order chi connectivity index (χ0) is 8.97. The molecule has 1 aromatic carbocycles. The topological polar surface area (TPSA) is 12.0 Å². The van der Waals surface area contributed by atoms with Gasteiger partial charge in [0.2, 0.25) is 0 Å². The molecule has 0 aliphatic carbocycles. The fourth-order valence-electron chi connectivity index (χ4n) is 0.893. The molecule has 0 aromatic heterocycles. The third kappa shape index (κ3) is 2.28. The van der Waals surface area contributed by atoms with Crippen LogP contribution in [-0.2, 0) is 0 Å². The van der Waals surface area contributed by atoms with E-state index in [0.29, 0.717) is 0 Å². The van der Waals surface area contributed by atoms with Crippen LogP contribution in [0.4, 0.5) is 5.69 Å². The number of halogens is 1. The summed E-state index contributed by atoms with van der Waals surface area (Å²) in [5.74, 6) is 0. The van der Waals surface area contributed by atoms with Gasteiger partial charge in [0.25, 0.3) is 0 Å². The van der Waals surface area contributed by atoms with Crippen molar-refractivity contribution in [3.8, 4) is 0 Å². The van der Waals surface area contributed by atoms with Crippen LogP contribution >= 0.6 is 11.6 Å². The first kappa shape index (κ1) is 9.14. The summed E-state index contributed by atoms with van der Waals surface area (Å²) in [5.41, 5.74) is 2.13. The summed E-state index contributed by atoms with van der Waals surface area (Å²) >= 11 is 5.93. The van der Waals surface area contributed by atoms with Gasteiger partial charge in [0, 0.05) is 17.3 Å². The molecule has 2 heteroatoms. The van der Waals surface area contributed by atoms with Gasteiger partial charge in [0.05, 0.1) is 0 Å². The molecule has 0 saturated heterocycles. The molecule has 1 N–H and O–H groups in total. The van der Waals surface area contributed by atoms with Crippen molar-refractivity contribution >= 4 is 17.3 Å². The first-order valence-corrected chi connectivity index (χ1v) is 4.23. The predicted octanol–water partition coefficient (Wildman–Crippen LogP) is 3.25. The van der Waals surface area contributed by atoms with Crippen LogP contribution in [0.2, 0.25) is 5.02 Å². The largest absolute Gasteiger partial charge is 0.382 e. The molecule has 64 valence electrons. The minimum atomic E-state index is 0.763. The maximum atomic E-state index is 5.93. The van der Waals surface area contributed by atoms with Crippen molar-refractivity contribution < 1.29 is 0 Å². The SMILES string of the molecule is C=CCNc1ccc(C)c(Cl)c1. The van der Waals surface area contributed by atoms with Crippen molar-refractivity contribution in [3.63, 3.8) is 0 Å². The van der Waals surface area contributed by atoms with E-state index in [1.807, 2.05) is 31.2 Å². The molecular formula is C10H12ClN. The molecule has 0 aliphatic rings. The van der Waals surface area contributed by atoms with Gasteiger partial charge in [-0.25, -0.2) is 0 Å². The van der Waals surface area contributed by atoms with Crippen LogP contribution in [-0.4, -0.2) is 6.54 Å². The Labute approximate surface area is 78.1 Å². The van der Waals surface area contributed by atoms with Gasteiger partial charge in [-0.15, -0.1) is 6.58 Å². The van der Waals surface area contributed by atoms with Gasteiger partial charge >= 0.3 is 0 Å². The van der Waals surface area contributed by atoms with E-state index >= 15 is 0 Å². The van der Waals surface area contributed by atoms with E-state index in [1.165, 1.54) is 0 Å². The zero-order valence-electron chi connectivity index (χ0n) is 7.10. The molecule has 0 bridgehead atoms. The Hall–Kier alpha value is -0.950. The minimum Gasteiger partial charge on any atom is -0.382 e. The summed E-state index contributed by atoms with van der Waals surface area (Å²) in [6.45, 7) is 6.37. The summed E-state index contributed by atoms with van der Waals surface area (Å²) in [5, 5.41) is 3.96. The van der Waals surface area contributed by atoms with Gasteiger partial charge in [0.15, 0.2) is 0 Å². The molecule has 1 nitrogen and oxygen atoms in total. The average Bonchev–Trinajstić information content (AvgIpc) is 2.07. The van der Waals surface area contributed by atoms with Crippen molar-refractivity contribution in [2.75, 3.05) is 11.9 Å². The smallest absolute Gasteiger partial charge is 0.0455 e. The molecular weight excluding hydrogens is 170 g/mol. The molecule has 12 heavy (non-hydrogen) atoms. The number of anilines is 1. The number of rotatable bonds is 3. The van der Waals surface area contributed by atoms with Crippen molar-refractivity contribution in [3.05, 3.63) is 41.4 Å². The van der Waals surface area contributed by atoms with Crippen molar-refractivity contribution in [2.24, 2.45) is 0 Å². The fraction of sp³-hybridized carbons (Fsp3) is 0.200. The van der Waals surface area contributed by atoms with Crippen LogP contribution in [0.3, 0.4) is 0 Å². The van der Waals surface area contributed by atoms with Crippen LogP contribution in [0.5, 0.6) is 0 Å². The Morgan fingerprint density at radius 3 is 2.92 bits per heavy atom. The number of benzene rings is 1. The van der Waals surface area contributed by atoms with E-state index in [0.717, 1.165) is 22.8 Å². The zero-order valence-corrected chi connectivity index (χ0v) is 7.86. The Morgan fingerprint density at radius 1 is 1.58 bits per heavy atom. The molecule has 0 aliphatic heterocycles. The lowest BCUT2D eigenvalue weighted by atomic mass is 10.2. The summed E-state index contributed by atoms with van der Waals surface area (Å²) in [6.07, 6.45) is 1.81. The molecule has 0 radical (unpaired) electrons. The minimum absolute atomic E-state index is 0.763. The second-order valence-corrected chi connectivity index (χ2v) is 3.04. The molecule has 0 heterocycles. The Morgan fingerprint density at radius 2 is 2.33 bits per heavy atom. The average molecular weight is 182 g/mol. The van der Waals surface area contributed by atoms with Crippen LogP contribution in [0.15, 0.2) is 30.9 Å². The number of hydrogen-bond acceptors (Lipinski definition) is 1. The highest BCUT2D eigenvalue weighted by molar-refractivity contribution is 6.31. The van der Waals surface area contributed by atoms with E-state index in [-0.39, 0.29) is 0 Å². The summed E-state index contributed by atoms with van der Waals surface area (Å²) < 4.78 is 0. The highest BCUT2D eigenvalue weighted by Gasteiger charge is 1.95. The van der Waals surface area contributed by atoms with Gasteiger partial charge in [-0.3, -0.25) is 0 Å². The van der Waals surface area contributed by atoms with E-state index < -0.39 is 0 Å². The van der Waals surface area contributed by atoms with Gasteiger partial charge in [-0.05, 0) is 24.6 Å². The van der Waals surface area contributed by atoms with Crippen LogP contribution < -0.4 is 5.32 Å². The first-order valence-electron chi connectivity index (χ1n) is 3.85. The Kier molecular flexibility index (Phi) is 3.18. The Balaban J connectivity index is 2.75. The van der Waals surface area contributed by atoms with Crippen molar-refractivity contribution in [1.29, 1.82) is 0 Å². The van der Waals surface area contributed by atoms with E-state index in [2.05, 4.69) is 11.9 Å². The lowest BCUT2D eigenvalue weighted by Gasteiger charge is -2.04.